The first kappa shape index (κ1) is 9.10. The molecule has 0 spiro atoms. The van der Waals surface area contributed by atoms with Crippen LogP contribution in [-0.2, 0) is 4.75 Å². The Morgan fingerprint density at radius 2 is 2.08 bits per heavy atom. The van der Waals surface area contributed by atoms with Crippen molar-refractivity contribution in [3.05, 3.63) is 35.9 Å². The van der Waals surface area contributed by atoms with Crippen molar-refractivity contribution >= 4 is 11.8 Å². The predicted octanol–water partition coefficient (Wildman–Crippen LogP) is 2.37. The van der Waals surface area contributed by atoms with Gasteiger partial charge in [-0.1, -0.05) is 30.3 Å². The largest absolute Gasteiger partial charge is 0.327 e. The van der Waals surface area contributed by atoms with E-state index in [1.54, 1.807) is 0 Å². The molecule has 2 atom stereocenters. The molecule has 1 aliphatic heterocycles. The normalized spacial score (nSPS) is 33.5. The summed E-state index contributed by atoms with van der Waals surface area (Å²) < 4.78 is 0.251. The van der Waals surface area contributed by atoms with Gasteiger partial charge in [-0.05, 0) is 18.9 Å². The maximum absolute atomic E-state index is 5.93. The molecular formula is C11H15NS. The molecule has 2 unspecified atom stereocenters. The van der Waals surface area contributed by atoms with Gasteiger partial charge in [-0.15, -0.1) is 11.8 Å². The average Bonchev–Trinajstić information content (AvgIpc) is 2.49. The first-order valence-electron chi connectivity index (χ1n) is 4.66. The zero-order chi connectivity index (χ0) is 9.31. The fraction of sp³-hybridized carbons (Fsp3) is 0.455. The van der Waals surface area contributed by atoms with Gasteiger partial charge in [0.2, 0.25) is 0 Å². The standard InChI is InChI=1S/C11H15NS/c1-11(7-10(12)8-13-11)9-5-3-2-4-6-9/h2-6,10H,7-8,12H2,1H3. The van der Waals surface area contributed by atoms with Gasteiger partial charge < -0.3 is 5.73 Å². The molecule has 1 fully saturated rings. The van der Waals surface area contributed by atoms with Gasteiger partial charge in [-0.3, -0.25) is 0 Å². The van der Waals surface area contributed by atoms with Gasteiger partial charge in [0.05, 0.1) is 0 Å². The highest BCUT2D eigenvalue weighted by molar-refractivity contribution is 8.00. The van der Waals surface area contributed by atoms with E-state index in [4.69, 9.17) is 5.73 Å². The highest BCUT2D eigenvalue weighted by atomic mass is 32.2. The highest BCUT2D eigenvalue weighted by Gasteiger charge is 2.35. The summed E-state index contributed by atoms with van der Waals surface area (Å²) in [7, 11) is 0. The van der Waals surface area contributed by atoms with E-state index in [1.807, 2.05) is 11.8 Å². The van der Waals surface area contributed by atoms with E-state index >= 15 is 0 Å². The van der Waals surface area contributed by atoms with E-state index in [2.05, 4.69) is 37.3 Å². The third kappa shape index (κ3) is 1.74. The van der Waals surface area contributed by atoms with Gasteiger partial charge in [0, 0.05) is 16.5 Å². The second-order valence-corrected chi connectivity index (χ2v) is 5.40. The fourth-order valence-electron chi connectivity index (χ4n) is 1.90. The second kappa shape index (κ2) is 3.35. The molecule has 70 valence electrons. The van der Waals surface area contributed by atoms with Crippen LogP contribution in [0.3, 0.4) is 0 Å². The van der Waals surface area contributed by atoms with Gasteiger partial charge >= 0.3 is 0 Å². The molecule has 0 bridgehead atoms. The smallest absolute Gasteiger partial charge is 0.0395 e. The second-order valence-electron chi connectivity index (χ2n) is 3.87. The summed E-state index contributed by atoms with van der Waals surface area (Å²) in [5, 5.41) is 0. The Labute approximate surface area is 83.7 Å². The molecule has 13 heavy (non-hydrogen) atoms. The van der Waals surface area contributed by atoms with Crippen molar-refractivity contribution in [2.75, 3.05) is 5.75 Å². The molecule has 1 nitrogen and oxygen atoms in total. The first-order chi connectivity index (χ1) is 6.21. The molecule has 2 rings (SSSR count). The molecule has 1 aromatic rings. The number of thioether (sulfide) groups is 1. The van der Waals surface area contributed by atoms with Crippen LogP contribution in [0.1, 0.15) is 18.9 Å². The predicted molar refractivity (Wildman–Crippen MR) is 58.8 cm³/mol. The molecular weight excluding hydrogens is 178 g/mol. The van der Waals surface area contributed by atoms with Crippen LogP contribution in [0.15, 0.2) is 30.3 Å². The van der Waals surface area contributed by atoms with Crippen molar-refractivity contribution < 1.29 is 0 Å². The lowest BCUT2D eigenvalue weighted by molar-refractivity contribution is 0.585. The van der Waals surface area contributed by atoms with Crippen LogP contribution in [0.2, 0.25) is 0 Å². The number of rotatable bonds is 1. The number of hydrogen-bond donors (Lipinski definition) is 1. The molecule has 0 aliphatic carbocycles. The Morgan fingerprint density at radius 3 is 2.62 bits per heavy atom. The summed E-state index contributed by atoms with van der Waals surface area (Å²) >= 11 is 1.98. The maximum Gasteiger partial charge on any atom is 0.0395 e. The van der Waals surface area contributed by atoms with Crippen LogP contribution in [-0.4, -0.2) is 11.8 Å². The summed E-state index contributed by atoms with van der Waals surface area (Å²) in [6.07, 6.45) is 1.10. The summed E-state index contributed by atoms with van der Waals surface area (Å²) in [6.45, 7) is 2.29. The molecule has 1 aliphatic rings. The minimum Gasteiger partial charge on any atom is -0.327 e. The van der Waals surface area contributed by atoms with Crippen molar-refractivity contribution in [3.8, 4) is 0 Å². The van der Waals surface area contributed by atoms with Gasteiger partial charge in [0.15, 0.2) is 0 Å². The van der Waals surface area contributed by atoms with Crippen LogP contribution in [0, 0.1) is 0 Å². The van der Waals surface area contributed by atoms with Crippen molar-refractivity contribution in [2.45, 2.75) is 24.1 Å². The van der Waals surface area contributed by atoms with E-state index in [1.165, 1.54) is 5.56 Å². The monoisotopic (exact) mass is 193 g/mol. The Morgan fingerprint density at radius 1 is 1.38 bits per heavy atom. The molecule has 0 saturated carbocycles. The number of benzene rings is 1. The Hall–Kier alpha value is -0.470. The SMILES string of the molecule is CC1(c2ccccc2)CC(N)CS1. The highest BCUT2D eigenvalue weighted by Crippen LogP contribution is 2.45. The zero-order valence-electron chi connectivity index (χ0n) is 7.86. The first-order valence-corrected chi connectivity index (χ1v) is 5.64. The van der Waals surface area contributed by atoms with Crippen molar-refractivity contribution in [1.29, 1.82) is 0 Å². The van der Waals surface area contributed by atoms with E-state index in [-0.39, 0.29) is 4.75 Å². The number of hydrogen-bond acceptors (Lipinski definition) is 2. The number of nitrogens with two attached hydrogens (primary N) is 1. The zero-order valence-corrected chi connectivity index (χ0v) is 8.68. The fourth-order valence-corrected chi connectivity index (χ4v) is 3.24. The average molecular weight is 193 g/mol. The molecule has 0 aromatic heterocycles. The van der Waals surface area contributed by atoms with E-state index in [0.29, 0.717) is 6.04 Å². The lowest BCUT2D eigenvalue weighted by atomic mass is 9.94. The summed E-state index contributed by atoms with van der Waals surface area (Å²) in [5.41, 5.74) is 7.34. The minimum atomic E-state index is 0.251. The molecule has 1 heterocycles. The van der Waals surface area contributed by atoms with Gasteiger partial charge in [0.25, 0.3) is 0 Å². The topological polar surface area (TPSA) is 26.0 Å². The lowest BCUT2D eigenvalue weighted by Gasteiger charge is -2.23. The van der Waals surface area contributed by atoms with E-state index < -0.39 is 0 Å². The Kier molecular flexibility index (Phi) is 2.35. The maximum atomic E-state index is 5.93. The molecule has 0 amide bonds. The van der Waals surface area contributed by atoms with Crippen molar-refractivity contribution in [2.24, 2.45) is 5.73 Å². The molecule has 1 aromatic carbocycles. The Balaban J connectivity index is 2.26. The lowest BCUT2D eigenvalue weighted by Crippen LogP contribution is -2.22. The van der Waals surface area contributed by atoms with E-state index in [9.17, 15) is 0 Å². The van der Waals surface area contributed by atoms with Crippen molar-refractivity contribution in [3.63, 3.8) is 0 Å². The summed E-state index contributed by atoms with van der Waals surface area (Å²) in [6, 6.07) is 11.0. The van der Waals surface area contributed by atoms with Crippen LogP contribution >= 0.6 is 11.8 Å². The van der Waals surface area contributed by atoms with Gasteiger partial charge in [0.1, 0.15) is 0 Å². The molecule has 2 N–H and O–H groups in total. The van der Waals surface area contributed by atoms with Crippen LogP contribution in [0.4, 0.5) is 0 Å². The third-order valence-electron chi connectivity index (χ3n) is 2.65. The Bertz CT molecular complexity index is 285. The minimum absolute atomic E-state index is 0.251. The van der Waals surface area contributed by atoms with Gasteiger partial charge in [-0.25, -0.2) is 0 Å². The van der Waals surface area contributed by atoms with Crippen LogP contribution in [0.25, 0.3) is 0 Å². The summed E-state index contributed by atoms with van der Waals surface area (Å²) in [5.74, 6) is 1.09. The molecule has 1 saturated heterocycles. The molecule has 2 heteroatoms. The van der Waals surface area contributed by atoms with Crippen LogP contribution < -0.4 is 5.73 Å². The van der Waals surface area contributed by atoms with Crippen molar-refractivity contribution in [1.82, 2.24) is 0 Å². The quantitative estimate of drug-likeness (QED) is 0.741. The van der Waals surface area contributed by atoms with E-state index in [0.717, 1.165) is 12.2 Å². The summed E-state index contributed by atoms with van der Waals surface area (Å²) in [4.78, 5) is 0. The third-order valence-corrected chi connectivity index (χ3v) is 4.29. The van der Waals surface area contributed by atoms with Gasteiger partial charge in [-0.2, -0.15) is 0 Å². The van der Waals surface area contributed by atoms with Crippen LogP contribution in [0.5, 0.6) is 0 Å². The molecule has 0 radical (unpaired) electrons.